The molecule has 1 aliphatic rings. The summed E-state index contributed by atoms with van der Waals surface area (Å²) in [6, 6.07) is 6.26. The van der Waals surface area contributed by atoms with Gasteiger partial charge in [0.05, 0.1) is 0 Å². The van der Waals surface area contributed by atoms with Gasteiger partial charge in [-0.05, 0) is 63.0 Å². The Kier molecular flexibility index (Phi) is 4.43. The Morgan fingerprint density at radius 2 is 2.27 bits per heavy atom. The largest absolute Gasteiger partial charge is 0.351 e. The summed E-state index contributed by atoms with van der Waals surface area (Å²) >= 11 is 0. The smallest absolute Gasteiger partial charge is 0.270 e. The van der Waals surface area contributed by atoms with Gasteiger partial charge in [0, 0.05) is 24.0 Å². The number of piperidine rings is 1. The second-order valence-corrected chi connectivity index (χ2v) is 5.97. The lowest BCUT2D eigenvalue weighted by Crippen LogP contribution is -2.41. The van der Waals surface area contributed by atoms with E-state index >= 15 is 0 Å². The molecule has 1 fully saturated rings. The number of amides is 1. The first-order valence-corrected chi connectivity index (χ1v) is 7.95. The number of benzene rings is 1. The van der Waals surface area contributed by atoms with Gasteiger partial charge >= 0.3 is 0 Å². The van der Waals surface area contributed by atoms with Gasteiger partial charge in [-0.15, -0.1) is 0 Å². The zero-order chi connectivity index (χ0) is 15.5. The first-order chi connectivity index (χ1) is 10.7. The lowest BCUT2D eigenvalue weighted by atomic mass is 9.99. The highest BCUT2D eigenvalue weighted by Crippen LogP contribution is 2.19. The van der Waals surface area contributed by atoms with Crippen LogP contribution in [0.5, 0.6) is 0 Å². The van der Waals surface area contributed by atoms with E-state index in [-0.39, 0.29) is 11.7 Å². The van der Waals surface area contributed by atoms with E-state index in [1.165, 1.54) is 18.6 Å². The molecule has 1 unspecified atom stereocenters. The fraction of sp³-hybridized carbons (Fsp3) is 0.471. The van der Waals surface area contributed by atoms with Crippen molar-refractivity contribution in [3.63, 3.8) is 0 Å². The SMILES string of the molecule is CCN(CC1CCCNC1)C(=O)c1cc2cc(F)ccc2[nH]1. The van der Waals surface area contributed by atoms with Crippen LogP contribution in [0.4, 0.5) is 4.39 Å². The lowest BCUT2D eigenvalue weighted by Gasteiger charge is -2.29. The molecule has 1 saturated heterocycles. The van der Waals surface area contributed by atoms with Crippen LogP contribution in [0.1, 0.15) is 30.3 Å². The molecule has 0 aliphatic carbocycles. The molecule has 2 N–H and O–H groups in total. The molecular formula is C17H22FN3O. The fourth-order valence-electron chi connectivity index (χ4n) is 3.14. The summed E-state index contributed by atoms with van der Waals surface area (Å²) in [6.07, 6.45) is 2.33. The van der Waals surface area contributed by atoms with Gasteiger partial charge < -0.3 is 15.2 Å². The second kappa shape index (κ2) is 6.48. The number of rotatable bonds is 4. The van der Waals surface area contributed by atoms with E-state index in [1.54, 1.807) is 12.1 Å². The maximum atomic E-state index is 13.3. The fourth-order valence-corrected chi connectivity index (χ4v) is 3.14. The molecular weight excluding hydrogens is 281 g/mol. The summed E-state index contributed by atoms with van der Waals surface area (Å²) in [7, 11) is 0. The van der Waals surface area contributed by atoms with Crippen LogP contribution < -0.4 is 5.32 Å². The summed E-state index contributed by atoms with van der Waals surface area (Å²) in [5.41, 5.74) is 1.33. The average Bonchev–Trinajstić information content (AvgIpc) is 2.96. The third-order valence-electron chi connectivity index (χ3n) is 4.36. The van der Waals surface area contributed by atoms with Gasteiger partial charge in [-0.2, -0.15) is 0 Å². The topological polar surface area (TPSA) is 48.1 Å². The minimum absolute atomic E-state index is 0.00955. The summed E-state index contributed by atoms with van der Waals surface area (Å²) in [4.78, 5) is 17.7. The number of aromatic nitrogens is 1. The Morgan fingerprint density at radius 3 is 3.00 bits per heavy atom. The van der Waals surface area contributed by atoms with Crippen LogP contribution >= 0.6 is 0 Å². The number of carbonyl (C=O) groups excluding carboxylic acids is 1. The van der Waals surface area contributed by atoms with Crippen molar-refractivity contribution < 1.29 is 9.18 Å². The molecule has 2 aromatic rings. The Balaban J connectivity index is 1.76. The zero-order valence-electron chi connectivity index (χ0n) is 12.9. The number of nitrogens with zero attached hydrogens (tertiary/aromatic N) is 1. The van der Waals surface area contributed by atoms with Crippen molar-refractivity contribution in [2.24, 2.45) is 5.92 Å². The molecule has 0 saturated carbocycles. The number of fused-ring (bicyclic) bond motifs is 1. The average molecular weight is 303 g/mol. The maximum Gasteiger partial charge on any atom is 0.270 e. The van der Waals surface area contributed by atoms with Crippen LogP contribution in [0.25, 0.3) is 10.9 Å². The molecule has 1 aromatic heterocycles. The van der Waals surface area contributed by atoms with Crippen molar-refractivity contribution in [3.05, 3.63) is 35.8 Å². The highest BCUT2D eigenvalue weighted by Gasteiger charge is 2.21. The van der Waals surface area contributed by atoms with Crippen LogP contribution in [0.3, 0.4) is 0 Å². The zero-order valence-corrected chi connectivity index (χ0v) is 12.9. The van der Waals surface area contributed by atoms with Gasteiger partial charge in [-0.1, -0.05) is 0 Å². The van der Waals surface area contributed by atoms with E-state index in [9.17, 15) is 9.18 Å². The molecule has 22 heavy (non-hydrogen) atoms. The molecule has 3 rings (SSSR count). The van der Waals surface area contributed by atoms with Gasteiger partial charge in [0.1, 0.15) is 11.5 Å². The molecule has 0 spiro atoms. The van der Waals surface area contributed by atoms with Crippen LogP contribution in [0.2, 0.25) is 0 Å². The minimum atomic E-state index is -0.286. The summed E-state index contributed by atoms with van der Waals surface area (Å²) in [5.74, 6) is 0.218. The van der Waals surface area contributed by atoms with Crippen molar-refractivity contribution >= 4 is 16.8 Å². The number of hydrogen-bond donors (Lipinski definition) is 2. The van der Waals surface area contributed by atoms with Crippen molar-refractivity contribution in [2.75, 3.05) is 26.2 Å². The Bertz CT molecular complexity index is 661. The summed E-state index contributed by atoms with van der Waals surface area (Å²) in [6.45, 7) is 5.49. The Labute approximate surface area is 129 Å². The second-order valence-electron chi connectivity index (χ2n) is 5.97. The first-order valence-electron chi connectivity index (χ1n) is 7.95. The van der Waals surface area contributed by atoms with Gasteiger partial charge in [-0.25, -0.2) is 4.39 Å². The quantitative estimate of drug-likeness (QED) is 0.912. The van der Waals surface area contributed by atoms with Crippen LogP contribution in [0.15, 0.2) is 24.3 Å². The van der Waals surface area contributed by atoms with Gasteiger partial charge in [0.15, 0.2) is 0 Å². The molecule has 0 bridgehead atoms. The third-order valence-corrected chi connectivity index (χ3v) is 4.36. The number of nitrogens with one attached hydrogen (secondary N) is 2. The molecule has 118 valence electrons. The van der Waals surface area contributed by atoms with Gasteiger partial charge in [-0.3, -0.25) is 4.79 Å². The van der Waals surface area contributed by atoms with E-state index in [0.29, 0.717) is 18.2 Å². The predicted octanol–water partition coefficient (Wildman–Crippen LogP) is 2.77. The van der Waals surface area contributed by atoms with E-state index in [2.05, 4.69) is 10.3 Å². The Hall–Kier alpha value is -1.88. The number of H-pyrrole nitrogens is 1. The van der Waals surface area contributed by atoms with Gasteiger partial charge in [0.2, 0.25) is 0 Å². The van der Waals surface area contributed by atoms with E-state index in [1.807, 2.05) is 11.8 Å². The summed E-state index contributed by atoms with van der Waals surface area (Å²) in [5, 5.41) is 4.12. The van der Waals surface area contributed by atoms with E-state index in [4.69, 9.17) is 0 Å². The van der Waals surface area contributed by atoms with Crippen molar-refractivity contribution in [2.45, 2.75) is 19.8 Å². The molecule has 4 nitrogen and oxygen atoms in total. The number of hydrogen-bond acceptors (Lipinski definition) is 2. The maximum absolute atomic E-state index is 13.3. The molecule has 1 atom stereocenters. The molecule has 2 heterocycles. The molecule has 1 aromatic carbocycles. The van der Waals surface area contributed by atoms with E-state index < -0.39 is 0 Å². The van der Waals surface area contributed by atoms with Crippen LogP contribution in [-0.2, 0) is 0 Å². The standard InChI is InChI=1S/C17H22FN3O/c1-2-21(11-12-4-3-7-19-10-12)17(22)16-9-13-8-14(18)5-6-15(13)20-16/h5-6,8-9,12,19-20H,2-4,7,10-11H2,1H3. The molecule has 1 aliphatic heterocycles. The van der Waals surface area contributed by atoms with Crippen molar-refractivity contribution in [1.82, 2.24) is 15.2 Å². The Morgan fingerprint density at radius 1 is 1.41 bits per heavy atom. The highest BCUT2D eigenvalue weighted by atomic mass is 19.1. The lowest BCUT2D eigenvalue weighted by molar-refractivity contribution is 0.0724. The van der Waals surface area contributed by atoms with Crippen molar-refractivity contribution in [1.29, 1.82) is 0 Å². The number of halogens is 1. The van der Waals surface area contributed by atoms with E-state index in [0.717, 1.165) is 37.0 Å². The first kappa shape index (κ1) is 15.0. The number of carbonyl (C=O) groups is 1. The third kappa shape index (κ3) is 3.14. The predicted molar refractivity (Wildman–Crippen MR) is 85.4 cm³/mol. The number of aromatic amines is 1. The van der Waals surface area contributed by atoms with Crippen molar-refractivity contribution in [3.8, 4) is 0 Å². The van der Waals surface area contributed by atoms with Crippen LogP contribution in [0, 0.1) is 11.7 Å². The monoisotopic (exact) mass is 303 g/mol. The summed E-state index contributed by atoms with van der Waals surface area (Å²) < 4.78 is 13.3. The van der Waals surface area contributed by atoms with Gasteiger partial charge in [0.25, 0.3) is 5.91 Å². The highest BCUT2D eigenvalue weighted by molar-refractivity contribution is 5.98. The normalized spacial score (nSPS) is 18.5. The molecule has 5 heteroatoms. The minimum Gasteiger partial charge on any atom is -0.351 e. The molecule has 0 radical (unpaired) electrons. The van der Waals surface area contributed by atoms with Crippen LogP contribution in [-0.4, -0.2) is 42.0 Å². The molecule has 1 amide bonds.